The molecular formula is C13H15N3. The monoisotopic (exact) mass is 213 g/mol. The van der Waals surface area contributed by atoms with Crippen molar-refractivity contribution < 1.29 is 0 Å². The molecule has 0 saturated heterocycles. The van der Waals surface area contributed by atoms with Gasteiger partial charge in [-0.05, 0) is 35.4 Å². The van der Waals surface area contributed by atoms with Gasteiger partial charge >= 0.3 is 0 Å². The summed E-state index contributed by atoms with van der Waals surface area (Å²) in [4.78, 5) is 6.07. The van der Waals surface area contributed by atoms with E-state index in [9.17, 15) is 0 Å². The summed E-state index contributed by atoms with van der Waals surface area (Å²) in [5.41, 5.74) is 9.09. The van der Waals surface area contributed by atoms with Crippen LogP contribution in [0.3, 0.4) is 0 Å². The van der Waals surface area contributed by atoms with Gasteiger partial charge in [0, 0.05) is 26.0 Å². The molecule has 82 valence electrons. The Balaban J connectivity index is 2.44. The van der Waals surface area contributed by atoms with Gasteiger partial charge in [0.15, 0.2) is 0 Å². The Bertz CT molecular complexity index is 492. The molecule has 0 spiro atoms. The first-order chi connectivity index (χ1) is 7.66. The minimum atomic E-state index is 0.549. The Labute approximate surface area is 95.5 Å². The van der Waals surface area contributed by atoms with Crippen LogP contribution in [0.1, 0.15) is 0 Å². The van der Waals surface area contributed by atoms with E-state index in [1.54, 1.807) is 6.20 Å². The van der Waals surface area contributed by atoms with E-state index in [0.717, 1.165) is 11.1 Å². The average Bonchev–Trinajstić information content (AvgIpc) is 2.29. The normalized spacial score (nSPS) is 10.1. The van der Waals surface area contributed by atoms with Crippen molar-refractivity contribution in [3.63, 3.8) is 0 Å². The van der Waals surface area contributed by atoms with Crippen LogP contribution in [-0.4, -0.2) is 19.1 Å². The van der Waals surface area contributed by atoms with E-state index < -0.39 is 0 Å². The number of nitrogens with zero attached hydrogens (tertiary/aromatic N) is 2. The number of anilines is 2. The van der Waals surface area contributed by atoms with E-state index >= 15 is 0 Å². The second kappa shape index (κ2) is 4.23. The van der Waals surface area contributed by atoms with Gasteiger partial charge in [-0.25, -0.2) is 4.98 Å². The summed E-state index contributed by atoms with van der Waals surface area (Å²) in [6, 6.07) is 12.2. The van der Waals surface area contributed by atoms with Crippen LogP contribution in [0.25, 0.3) is 11.1 Å². The van der Waals surface area contributed by atoms with E-state index in [0.29, 0.717) is 5.82 Å². The number of nitrogen functional groups attached to an aromatic ring is 1. The van der Waals surface area contributed by atoms with Crippen molar-refractivity contribution in [3.8, 4) is 11.1 Å². The van der Waals surface area contributed by atoms with E-state index in [1.807, 2.05) is 32.3 Å². The Morgan fingerprint density at radius 3 is 2.50 bits per heavy atom. The largest absolute Gasteiger partial charge is 0.384 e. The van der Waals surface area contributed by atoms with Crippen LogP contribution in [0.4, 0.5) is 11.5 Å². The second-order valence-corrected chi connectivity index (χ2v) is 3.91. The average molecular weight is 213 g/mol. The topological polar surface area (TPSA) is 42.2 Å². The van der Waals surface area contributed by atoms with Gasteiger partial charge in [-0.2, -0.15) is 0 Å². The van der Waals surface area contributed by atoms with Crippen molar-refractivity contribution in [2.45, 2.75) is 0 Å². The standard InChI is InChI=1S/C13H15N3/c1-16(2)12-5-3-4-10(8-12)11-6-7-15-13(14)9-11/h3-9H,1-2H3,(H2,14,15). The first-order valence-corrected chi connectivity index (χ1v) is 5.16. The number of aromatic nitrogens is 1. The highest BCUT2D eigenvalue weighted by molar-refractivity contribution is 5.69. The molecule has 0 atom stereocenters. The molecule has 3 nitrogen and oxygen atoms in total. The molecule has 1 heterocycles. The molecule has 1 aromatic carbocycles. The van der Waals surface area contributed by atoms with Crippen LogP contribution in [0.5, 0.6) is 0 Å². The molecular weight excluding hydrogens is 198 g/mol. The van der Waals surface area contributed by atoms with E-state index in [4.69, 9.17) is 5.73 Å². The van der Waals surface area contributed by atoms with E-state index in [2.05, 4.69) is 28.1 Å². The van der Waals surface area contributed by atoms with Gasteiger partial charge in [0.2, 0.25) is 0 Å². The van der Waals surface area contributed by atoms with Gasteiger partial charge in [0.1, 0.15) is 5.82 Å². The molecule has 0 radical (unpaired) electrons. The fourth-order valence-electron chi connectivity index (χ4n) is 1.59. The molecule has 0 aliphatic rings. The lowest BCUT2D eigenvalue weighted by molar-refractivity contribution is 1.13. The van der Waals surface area contributed by atoms with Crippen LogP contribution in [0.15, 0.2) is 42.6 Å². The number of nitrogens with two attached hydrogens (primary N) is 1. The lowest BCUT2D eigenvalue weighted by Gasteiger charge is -2.13. The van der Waals surface area contributed by atoms with E-state index in [-0.39, 0.29) is 0 Å². The van der Waals surface area contributed by atoms with Crippen LogP contribution < -0.4 is 10.6 Å². The van der Waals surface area contributed by atoms with Crippen molar-refractivity contribution in [1.29, 1.82) is 0 Å². The zero-order valence-electron chi connectivity index (χ0n) is 9.51. The first kappa shape index (κ1) is 10.5. The number of hydrogen-bond donors (Lipinski definition) is 1. The van der Waals surface area contributed by atoms with Crippen LogP contribution in [0.2, 0.25) is 0 Å². The van der Waals surface area contributed by atoms with Gasteiger partial charge in [-0.1, -0.05) is 12.1 Å². The quantitative estimate of drug-likeness (QED) is 0.833. The number of hydrogen-bond acceptors (Lipinski definition) is 3. The molecule has 0 aliphatic heterocycles. The third kappa shape index (κ3) is 2.14. The van der Waals surface area contributed by atoms with Crippen molar-refractivity contribution >= 4 is 11.5 Å². The molecule has 3 heteroatoms. The summed E-state index contributed by atoms with van der Waals surface area (Å²) in [7, 11) is 4.06. The molecule has 16 heavy (non-hydrogen) atoms. The highest BCUT2D eigenvalue weighted by atomic mass is 15.1. The summed E-state index contributed by atoms with van der Waals surface area (Å²) in [6.45, 7) is 0. The van der Waals surface area contributed by atoms with Crippen molar-refractivity contribution in [2.75, 3.05) is 24.7 Å². The smallest absolute Gasteiger partial charge is 0.123 e. The van der Waals surface area contributed by atoms with Gasteiger partial charge in [-0.15, -0.1) is 0 Å². The van der Waals surface area contributed by atoms with E-state index in [1.165, 1.54) is 5.69 Å². The van der Waals surface area contributed by atoms with Gasteiger partial charge < -0.3 is 10.6 Å². The Hall–Kier alpha value is -2.03. The van der Waals surface area contributed by atoms with Gasteiger partial charge in [-0.3, -0.25) is 0 Å². The van der Waals surface area contributed by atoms with Crippen molar-refractivity contribution in [3.05, 3.63) is 42.6 Å². The zero-order chi connectivity index (χ0) is 11.5. The zero-order valence-corrected chi connectivity index (χ0v) is 9.51. The molecule has 0 bridgehead atoms. The van der Waals surface area contributed by atoms with Gasteiger partial charge in [0.05, 0.1) is 0 Å². The second-order valence-electron chi connectivity index (χ2n) is 3.91. The van der Waals surface area contributed by atoms with Crippen molar-refractivity contribution in [1.82, 2.24) is 4.98 Å². The SMILES string of the molecule is CN(C)c1cccc(-c2ccnc(N)c2)c1. The lowest BCUT2D eigenvalue weighted by atomic mass is 10.1. The highest BCUT2D eigenvalue weighted by Crippen LogP contribution is 2.24. The Kier molecular flexibility index (Phi) is 2.77. The minimum absolute atomic E-state index is 0.549. The van der Waals surface area contributed by atoms with Crippen LogP contribution >= 0.6 is 0 Å². The van der Waals surface area contributed by atoms with Crippen molar-refractivity contribution in [2.24, 2.45) is 0 Å². The summed E-state index contributed by atoms with van der Waals surface area (Å²) >= 11 is 0. The van der Waals surface area contributed by atoms with Crippen LogP contribution in [-0.2, 0) is 0 Å². The maximum atomic E-state index is 5.67. The molecule has 2 N–H and O–H groups in total. The van der Waals surface area contributed by atoms with Gasteiger partial charge in [0.25, 0.3) is 0 Å². The minimum Gasteiger partial charge on any atom is -0.384 e. The molecule has 0 unspecified atom stereocenters. The molecule has 0 saturated carbocycles. The number of pyridine rings is 1. The molecule has 1 aromatic heterocycles. The maximum Gasteiger partial charge on any atom is 0.123 e. The fourth-order valence-corrected chi connectivity index (χ4v) is 1.59. The third-order valence-corrected chi connectivity index (χ3v) is 2.48. The number of benzene rings is 1. The summed E-state index contributed by atoms with van der Waals surface area (Å²) < 4.78 is 0. The molecule has 2 rings (SSSR count). The summed E-state index contributed by atoms with van der Waals surface area (Å²) in [5.74, 6) is 0.549. The molecule has 0 amide bonds. The van der Waals surface area contributed by atoms with Crippen LogP contribution in [0, 0.1) is 0 Å². The summed E-state index contributed by atoms with van der Waals surface area (Å²) in [6.07, 6.45) is 1.73. The maximum absolute atomic E-state index is 5.67. The Morgan fingerprint density at radius 1 is 1.06 bits per heavy atom. The predicted octanol–water partition coefficient (Wildman–Crippen LogP) is 2.40. The highest BCUT2D eigenvalue weighted by Gasteiger charge is 2.01. The Morgan fingerprint density at radius 2 is 1.81 bits per heavy atom. The molecule has 0 aliphatic carbocycles. The first-order valence-electron chi connectivity index (χ1n) is 5.16. The molecule has 2 aromatic rings. The summed E-state index contributed by atoms with van der Waals surface area (Å²) in [5, 5.41) is 0. The number of rotatable bonds is 2. The lowest BCUT2D eigenvalue weighted by Crippen LogP contribution is -2.08. The molecule has 0 fully saturated rings. The predicted molar refractivity (Wildman–Crippen MR) is 68.4 cm³/mol. The third-order valence-electron chi connectivity index (χ3n) is 2.48. The fraction of sp³-hybridized carbons (Fsp3) is 0.154.